The maximum Gasteiger partial charge on any atom is 0.229 e. The van der Waals surface area contributed by atoms with E-state index >= 15 is 0 Å². The minimum atomic E-state index is -1.76. The van der Waals surface area contributed by atoms with Crippen LogP contribution in [-0.2, 0) is 15.6 Å². The number of benzene rings is 1. The Hall–Kier alpha value is -1.46. The van der Waals surface area contributed by atoms with Crippen molar-refractivity contribution in [3.05, 3.63) is 29.3 Å². The van der Waals surface area contributed by atoms with Crippen LogP contribution in [0.2, 0.25) is 18.1 Å². The van der Waals surface area contributed by atoms with E-state index in [0.717, 1.165) is 18.3 Å². The fourth-order valence-corrected chi connectivity index (χ4v) is 2.97. The Morgan fingerprint density at radius 2 is 1.76 bits per heavy atom. The number of nitrogens with one attached hydrogen (secondary N) is 1. The Labute approximate surface area is 153 Å². The van der Waals surface area contributed by atoms with Gasteiger partial charge in [-0.3, -0.25) is 9.59 Å². The molecule has 5 heteroatoms. The van der Waals surface area contributed by atoms with E-state index in [1.807, 2.05) is 32.9 Å². The van der Waals surface area contributed by atoms with Gasteiger partial charge in [0.1, 0.15) is 0 Å². The Morgan fingerprint density at radius 1 is 1.16 bits per heavy atom. The second kappa shape index (κ2) is 7.83. The zero-order valence-corrected chi connectivity index (χ0v) is 17.9. The summed E-state index contributed by atoms with van der Waals surface area (Å²) in [5.41, 5.74) is 1.59. The lowest BCUT2D eigenvalue weighted by atomic mass is 9.95. The number of carbonyl (C=O) groups excluding carboxylic acids is 2. The molecule has 1 rings (SSSR count). The molecule has 0 fully saturated rings. The van der Waals surface area contributed by atoms with Crippen molar-refractivity contribution in [3.8, 4) is 0 Å². The summed E-state index contributed by atoms with van der Waals surface area (Å²) in [5, 5.41) is 3.02. The highest BCUT2D eigenvalue weighted by Gasteiger charge is 2.36. The van der Waals surface area contributed by atoms with Crippen molar-refractivity contribution >= 4 is 26.2 Å². The number of rotatable bonds is 6. The molecule has 1 N–H and O–H groups in total. The van der Waals surface area contributed by atoms with E-state index in [-0.39, 0.29) is 10.9 Å². The van der Waals surface area contributed by atoms with Gasteiger partial charge in [0.2, 0.25) is 5.91 Å². The molecule has 0 aliphatic heterocycles. The van der Waals surface area contributed by atoms with Gasteiger partial charge in [-0.2, -0.15) is 0 Å². The molecule has 0 saturated carbocycles. The molecule has 0 atom stereocenters. The minimum absolute atomic E-state index is 0.107. The van der Waals surface area contributed by atoms with Crippen molar-refractivity contribution < 1.29 is 14.0 Å². The van der Waals surface area contributed by atoms with Crippen LogP contribution in [0.25, 0.3) is 0 Å². The first-order chi connectivity index (χ1) is 11.3. The third kappa shape index (κ3) is 6.08. The van der Waals surface area contributed by atoms with Crippen molar-refractivity contribution in [3.63, 3.8) is 0 Å². The molecular weight excluding hydrogens is 330 g/mol. The van der Waals surface area contributed by atoms with E-state index in [2.05, 4.69) is 39.2 Å². The lowest BCUT2D eigenvalue weighted by molar-refractivity contribution is -0.123. The van der Waals surface area contributed by atoms with E-state index in [9.17, 15) is 9.59 Å². The van der Waals surface area contributed by atoms with Gasteiger partial charge in [0, 0.05) is 17.6 Å². The summed E-state index contributed by atoms with van der Waals surface area (Å²) in [6, 6.07) is 5.58. The highest BCUT2D eigenvalue weighted by molar-refractivity contribution is 6.74. The fraction of sp³-hybridized carbons (Fsp3) is 0.600. The van der Waals surface area contributed by atoms with E-state index in [1.54, 1.807) is 6.07 Å². The van der Waals surface area contributed by atoms with E-state index in [0.29, 0.717) is 17.9 Å². The first kappa shape index (κ1) is 21.6. The Balaban J connectivity index is 2.79. The summed E-state index contributed by atoms with van der Waals surface area (Å²) < 4.78 is 6.19. The average molecular weight is 364 g/mol. The highest BCUT2D eigenvalue weighted by Crippen LogP contribution is 2.36. The maximum atomic E-state index is 12.1. The lowest BCUT2D eigenvalue weighted by Gasteiger charge is -2.36. The number of carbonyl (C=O) groups is 2. The molecule has 1 aromatic rings. The SMILES string of the molecule is CC(C)(C)C(=O)Nc1ccc(CCO[Si](C)(C)C(C)(C)C)cc1C=O. The molecule has 0 bridgehead atoms. The predicted octanol–water partition coefficient (Wildman–Crippen LogP) is 5.05. The van der Waals surface area contributed by atoms with Gasteiger partial charge in [-0.15, -0.1) is 0 Å². The number of hydrogen-bond donors (Lipinski definition) is 1. The lowest BCUT2D eigenvalue weighted by Crippen LogP contribution is -2.41. The summed E-state index contributed by atoms with van der Waals surface area (Å²) in [6.07, 6.45) is 1.54. The van der Waals surface area contributed by atoms with Crippen molar-refractivity contribution in [1.29, 1.82) is 0 Å². The monoisotopic (exact) mass is 363 g/mol. The number of hydrogen-bond acceptors (Lipinski definition) is 3. The molecule has 4 nitrogen and oxygen atoms in total. The van der Waals surface area contributed by atoms with Crippen LogP contribution in [0, 0.1) is 5.41 Å². The molecule has 0 spiro atoms. The van der Waals surface area contributed by atoms with Crippen LogP contribution in [0.4, 0.5) is 5.69 Å². The normalized spacial score (nSPS) is 12.8. The molecule has 1 amide bonds. The molecule has 140 valence electrons. The average Bonchev–Trinajstić information content (AvgIpc) is 2.46. The predicted molar refractivity (Wildman–Crippen MR) is 107 cm³/mol. The summed E-state index contributed by atoms with van der Waals surface area (Å²) in [4.78, 5) is 23.5. The molecule has 0 unspecified atom stereocenters. The molecule has 0 radical (unpaired) electrons. The van der Waals surface area contributed by atoms with Crippen LogP contribution in [0.15, 0.2) is 18.2 Å². The number of amides is 1. The minimum Gasteiger partial charge on any atom is -0.416 e. The molecule has 0 heterocycles. The van der Waals surface area contributed by atoms with Crippen molar-refractivity contribution in [2.45, 2.75) is 66.1 Å². The Kier molecular flexibility index (Phi) is 6.76. The summed E-state index contributed by atoms with van der Waals surface area (Å²) in [5.74, 6) is -0.107. The number of aldehydes is 1. The van der Waals surface area contributed by atoms with Crippen LogP contribution in [-0.4, -0.2) is 27.1 Å². The Morgan fingerprint density at radius 3 is 2.24 bits per heavy atom. The van der Waals surface area contributed by atoms with Crippen LogP contribution in [0.5, 0.6) is 0 Å². The quantitative estimate of drug-likeness (QED) is 0.568. The molecule has 0 aromatic heterocycles. The van der Waals surface area contributed by atoms with Gasteiger partial charge < -0.3 is 9.74 Å². The summed E-state index contributed by atoms with van der Waals surface area (Å²) in [7, 11) is -1.76. The van der Waals surface area contributed by atoms with Gasteiger partial charge in [0.25, 0.3) is 0 Å². The second-order valence-electron chi connectivity index (χ2n) is 9.10. The highest BCUT2D eigenvalue weighted by atomic mass is 28.4. The zero-order chi connectivity index (χ0) is 19.5. The van der Waals surface area contributed by atoms with Crippen LogP contribution < -0.4 is 5.32 Å². The molecule has 0 aliphatic carbocycles. The topological polar surface area (TPSA) is 55.4 Å². The van der Waals surface area contributed by atoms with Gasteiger partial charge in [-0.25, -0.2) is 0 Å². The van der Waals surface area contributed by atoms with E-state index in [1.165, 1.54) is 0 Å². The van der Waals surface area contributed by atoms with Gasteiger partial charge in [-0.1, -0.05) is 47.6 Å². The first-order valence-electron chi connectivity index (χ1n) is 8.81. The summed E-state index contributed by atoms with van der Waals surface area (Å²) >= 11 is 0. The number of anilines is 1. The van der Waals surface area contributed by atoms with Crippen molar-refractivity contribution in [2.24, 2.45) is 5.41 Å². The van der Waals surface area contributed by atoms with E-state index < -0.39 is 13.7 Å². The third-order valence-corrected chi connectivity index (χ3v) is 9.37. The Bertz CT molecular complexity index is 625. The molecule has 0 saturated heterocycles. The van der Waals surface area contributed by atoms with Gasteiger partial charge in [0.05, 0.1) is 5.69 Å². The first-order valence-corrected chi connectivity index (χ1v) is 11.7. The standard InChI is InChI=1S/C20H33NO3Si/c1-19(2,3)18(23)21-17-10-9-15(13-16(17)14-22)11-12-24-25(7,8)20(4,5)6/h9-10,13-14H,11-12H2,1-8H3,(H,21,23). The van der Waals surface area contributed by atoms with E-state index in [4.69, 9.17) is 4.43 Å². The molecule has 0 aliphatic rings. The van der Waals surface area contributed by atoms with Crippen molar-refractivity contribution in [1.82, 2.24) is 0 Å². The molecule has 25 heavy (non-hydrogen) atoms. The maximum absolute atomic E-state index is 12.1. The smallest absolute Gasteiger partial charge is 0.229 e. The van der Waals surface area contributed by atoms with Crippen molar-refractivity contribution in [2.75, 3.05) is 11.9 Å². The van der Waals surface area contributed by atoms with Gasteiger partial charge in [0.15, 0.2) is 14.6 Å². The largest absolute Gasteiger partial charge is 0.416 e. The second-order valence-corrected chi connectivity index (χ2v) is 13.9. The third-order valence-electron chi connectivity index (χ3n) is 4.83. The summed E-state index contributed by atoms with van der Waals surface area (Å²) in [6.45, 7) is 17.3. The van der Waals surface area contributed by atoms with Gasteiger partial charge in [-0.05, 0) is 42.2 Å². The van der Waals surface area contributed by atoms with Gasteiger partial charge >= 0.3 is 0 Å². The zero-order valence-electron chi connectivity index (χ0n) is 16.9. The van der Waals surface area contributed by atoms with Crippen LogP contribution in [0.3, 0.4) is 0 Å². The molecule has 1 aromatic carbocycles. The van der Waals surface area contributed by atoms with Crippen LogP contribution >= 0.6 is 0 Å². The van der Waals surface area contributed by atoms with Crippen LogP contribution in [0.1, 0.15) is 57.5 Å². The molecular formula is C20H33NO3Si. The fourth-order valence-electron chi connectivity index (χ4n) is 1.93.